The number of hydrogen-bond acceptors (Lipinski definition) is 9. The first-order valence-corrected chi connectivity index (χ1v) is 14.1. The van der Waals surface area contributed by atoms with Crippen molar-refractivity contribution in [2.24, 2.45) is 5.92 Å². The lowest BCUT2D eigenvalue weighted by atomic mass is 9.91. The van der Waals surface area contributed by atoms with Gasteiger partial charge in [0, 0.05) is 36.2 Å². The minimum atomic E-state index is -0.601. The lowest BCUT2D eigenvalue weighted by Crippen LogP contribution is -2.39. The number of hydrogen-bond donors (Lipinski definition) is 3. The van der Waals surface area contributed by atoms with E-state index in [1.165, 1.54) is 0 Å². The number of esters is 1. The summed E-state index contributed by atoms with van der Waals surface area (Å²) >= 11 is 1.54. The van der Waals surface area contributed by atoms with E-state index in [0.29, 0.717) is 10.9 Å². The van der Waals surface area contributed by atoms with Crippen LogP contribution in [0, 0.1) is 5.92 Å². The summed E-state index contributed by atoms with van der Waals surface area (Å²) in [5, 5.41) is 15.3. The largest absolute Gasteiger partial charge is 0.465 e. The van der Waals surface area contributed by atoms with Crippen molar-refractivity contribution in [2.75, 3.05) is 18.9 Å². The molecule has 1 aromatic heterocycles. The molecule has 2 heterocycles. The van der Waals surface area contributed by atoms with E-state index in [1.54, 1.807) is 37.1 Å². The van der Waals surface area contributed by atoms with Gasteiger partial charge in [-0.2, -0.15) is 0 Å². The molecule has 4 rings (SSSR count). The van der Waals surface area contributed by atoms with Crippen LogP contribution in [-0.2, 0) is 32.2 Å². The predicted octanol–water partition coefficient (Wildman–Crippen LogP) is 3.91. The second-order valence-corrected chi connectivity index (χ2v) is 10.2. The van der Waals surface area contributed by atoms with Crippen LogP contribution in [0.3, 0.4) is 0 Å². The van der Waals surface area contributed by atoms with Crippen molar-refractivity contribution >= 4 is 23.8 Å². The molecule has 212 valence electrons. The van der Waals surface area contributed by atoms with E-state index in [4.69, 9.17) is 14.2 Å². The van der Waals surface area contributed by atoms with Gasteiger partial charge in [-0.15, -0.1) is 0 Å². The summed E-state index contributed by atoms with van der Waals surface area (Å²) in [5.74, 6) is 0.211. The zero-order chi connectivity index (χ0) is 28.3. The molecule has 10 nitrogen and oxygen atoms in total. The molecule has 1 aliphatic rings. The number of carbonyl (C=O) groups excluding carboxylic acids is 2. The molecular formula is C29H34N4O6S. The van der Waals surface area contributed by atoms with Gasteiger partial charge in [-0.1, -0.05) is 67.2 Å². The minimum absolute atomic E-state index is 0.0162. The molecule has 0 spiro atoms. The fourth-order valence-electron chi connectivity index (χ4n) is 4.23. The van der Waals surface area contributed by atoms with Crippen molar-refractivity contribution in [1.82, 2.24) is 20.6 Å². The Morgan fingerprint density at radius 1 is 0.975 bits per heavy atom. The third-order valence-corrected chi connectivity index (χ3v) is 7.41. The molecule has 0 bridgehead atoms. The van der Waals surface area contributed by atoms with E-state index in [9.17, 15) is 14.7 Å². The molecule has 0 unspecified atom stereocenters. The van der Waals surface area contributed by atoms with Gasteiger partial charge in [-0.25, -0.2) is 14.8 Å². The SMILES string of the molecule is CCOC(=O)CNC(=O)NCc1ccc([C@H]2O[C@@H](CSc3ncccn3)[C@@H](C)[C@@H](c3ccc(CO)cc3)O2)cc1. The number of ether oxygens (including phenoxy) is 3. The monoisotopic (exact) mass is 566 g/mol. The predicted molar refractivity (Wildman–Crippen MR) is 149 cm³/mol. The Labute approximate surface area is 237 Å². The second-order valence-electron chi connectivity index (χ2n) is 9.25. The van der Waals surface area contributed by atoms with Crippen LogP contribution in [-0.4, -0.2) is 52.1 Å². The Morgan fingerprint density at radius 2 is 1.65 bits per heavy atom. The fourth-order valence-corrected chi connectivity index (χ4v) is 5.19. The van der Waals surface area contributed by atoms with E-state index in [-0.39, 0.29) is 44.4 Å². The number of rotatable bonds is 11. The van der Waals surface area contributed by atoms with Crippen LogP contribution >= 0.6 is 11.8 Å². The number of benzene rings is 2. The summed E-state index contributed by atoms with van der Waals surface area (Å²) in [6.07, 6.45) is 2.48. The van der Waals surface area contributed by atoms with Gasteiger partial charge >= 0.3 is 12.0 Å². The van der Waals surface area contributed by atoms with Crippen LogP contribution < -0.4 is 10.6 Å². The fraction of sp³-hybridized carbons (Fsp3) is 0.379. The van der Waals surface area contributed by atoms with Gasteiger partial charge in [0.25, 0.3) is 0 Å². The molecule has 2 amide bonds. The average Bonchev–Trinajstić information content (AvgIpc) is 2.99. The van der Waals surface area contributed by atoms with Gasteiger partial charge in [0.2, 0.25) is 0 Å². The summed E-state index contributed by atoms with van der Waals surface area (Å²) in [6, 6.07) is 16.8. The number of nitrogens with one attached hydrogen (secondary N) is 2. The highest BCUT2D eigenvalue weighted by Gasteiger charge is 2.38. The lowest BCUT2D eigenvalue weighted by Gasteiger charge is -2.41. The number of aromatic nitrogens is 2. The molecule has 1 saturated heterocycles. The quantitative estimate of drug-likeness (QED) is 0.180. The Morgan fingerprint density at radius 3 is 2.33 bits per heavy atom. The zero-order valence-electron chi connectivity index (χ0n) is 22.5. The minimum Gasteiger partial charge on any atom is -0.465 e. The van der Waals surface area contributed by atoms with E-state index in [1.807, 2.05) is 48.5 Å². The number of urea groups is 1. The molecule has 40 heavy (non-hydrogen) atoms. The standard InChI is InChI=1S/C29H34N4O6S/c1-3-37-25(35)16-33-28(36)32-15-20-5-11-23(12-6-20)27-38-24(18-40-29-30-13-4-14-31-29)19(2)26(39-27)22-9-7-21(17-34)8-10-22/h4-14,19,24,26-27,34H,3,15-18H2,1-2H3,(H2,32,33,36)/t19-,24+,26+,27+/m1/s1. The average molecular weight is 567 g/mol. The molecule has 11 heteroatoms. The summed E-state index contributed by atoms with van der Waals surface area (Å²) in [5.41, 5.74) is 3.58. The summed E-state index contributed by atoms with van der Waals surface area (Å²) in [7, 11) is 0. The van der Waals surface area contributed by atoms with Gasteiger partial charge in [-0.05, 0) is 29.7 Å². The Hall–Kier alpha value is -3.51. The van der Waals surface area contributed by atoms with Gasteiger partial charge in [0.05, 0.1) is 25.4 Å². The zero-order valence-corrected chi connectivity index (χ0v) is 23.3. The van der Waals surface area contributed by atoms with E-state index < -0.39 is 18.3 Å². The first-order chi connectivity index (χ1) is 19.5. The van der Waals surface area contributed by atoms with Crippen molar-refractivity contribution in [3.63, 3.8) is 0 Å². The summed E-state index contributed by atoms with van der Waals surface area (Å²) in [4.78, 5) is 32.0. The number of thioether (sulfide) groups is 1. The molecule has 3 aromatic rings. The lowest BCUT2D eigenvalue weighted by molar-refractivity contribution is -0.268. The third-order valence-electron chi connectivity index (χ3n) is 6.45. The molecular weight excluding hydrogens is 532 g/mol. The second kappa shape index (κ2) is 14.8. The molecule has 0 aliphatic carbocycles. The maximum Gasteiger partial charge on any atom is 0.325 e. The van der Waals surface area contributed by atoms with Crippen LogP contribution in [0.5, 0.6) is 0 Å². The Bertz CT molecular complexity index is 1230. The van der Waals surface area contributed by atoms with Gasteiger partial charge < -0.3 is 30.0 Å². The summed E-state index contributed by atoms with van der Waals surface area (Å²) in [6.45, 7) is 4.17. The maximum atomic E-state index is 12.0. The third kappa shape index (κ3) is 8.25. The molecule has 3 N–H and O–H groups in total. The normalized spacial score (nSPS) is 20.5. The van der Waals surface area contributed by atoms with Crippen LogP contribution in [0.25, 0.3) is 0 Å². The number of carbonyl (C=O) groups is 2. The van der Waals surface area contributed by atoms with Crippen molar-refractivity contribution < 1.29 is 28.9 Å². The van der Waals surface area contributed by atoms with E-state index in [2.05, 4.69) is 27.5 Å². The topological polar surface area (TPSA) is 132 Å². The van der Waals surface area contributed by atoms with Crippen LogP contribution in [0.1, 0.15) is 48.5 Å². The number of aliphatic hydroxyl groups is 1. The molecule has 1 aliphatic heterocycles. The van der Waals surface area contributed by atoms with Gasteiger partial charge in [-0.3, -0.25) is 4.79 Å². The van der Waals surface area contributed by atoms with Crippen LogP contribution in [0.15, 0.2) is 72.1 Å². The highest BCUT2D eigenvalue weighted by Crippen LogP contribution is 2.42. The summed E-state index contributed by atoms with van der Waals surface area (Å²) < 4.78 is 17.7. The van der Waals surface area contributed by atoms with Crippen molar-refractivity contribution in [3.8, 4) is 0 Å². The number of amides is 2. The van der Waals surface area contributed by atoms with Crippen molar-refractivity contribution in [3.05, 3.63) is 89.2 Å². The van der Waals surface area contributed by atoms with Gasteiger partial charge in [0.15, 0.2) is 11.4 Å². The Kier molecular flexibility index (Phi) is 10.9. The van der Waals surface area contributed by atoms with Crippen molar-refractivity contribution in [1.29, 1.82) is 0 Å². The highest BCUT2D eigenvalue weighted by atomic mass is 32.2. The number of nitrogens with zero attached hydrogens (tertiary/aromatic N) is 2. The Balaban J connectivity index is 1.42. The molecule has 1 fully saturated rings. The first-order valence-electron chi connectivity index (χ1n) is 13.1. The highest BCUT2D eigenvalue weighted by molar-refractivity contribution is 7.99. The smallest absolute Gasteiger partial charge is 0.325 e. The molecule has 4 atom stereocenters. The van der Waals surface area contributed by atoms with Crippen molar-refractivity contribution in [2.45, 2.75) is 50.7 Å². The van der Waals surface area contributed by atoms with E-state index in [0.717, 1.165) is 22.3 Å². The molecule has 2 aromatic carbocycles. The van der Waals surface area contributed by atoms with E-state index >= 15 is 0 Å². The van der Waals surface area contributed by atoms with Crippen LogP contribution in [0.2, 0.25) is 0 Å². The number of aliphatic hydroxyl groups excluding tert-OH is 1. The molecule has 0 saturated carbocycles. The van der Waals surface area contributed by atoms with Crippen LogP contribution in [0.4, 0.5) is 4.79 Å². The first kappa shape index (κ1) is 29.5. The van der Waals surface area contributed by atoms with Gasteiger partial charge in [0.1, 0.15) is 6.54 Å². The molecule has 0 radical (unpaired) electrons. The maximum absolute atomic E-state index is 12.0.